The van der Waals surface area contributed by atoms with Crippen LogP contribution in [-0.4, -0.2) is 29.6 Å². The van der Waals surface area contributed by atoms with Crippen LogP contribution in [0.3, 0.4) is 0 Å². The predicted octanol–water partition coefficient (Wildman–Crippen LogP) is 5.79. The molecule has 0 spiro atoms. The highest BCUT2D eigenvalue weighted by atomic mass is 16.5. The van der Waals surface area contributed by atoms with Crippen LogP contribution in [0.5, 0.6) is 11.5 Å². The first-order chi connectivity index (χ1) is 15.8. The fourth-order valence-corrected chi connectivity index (χ4v) is 3.57. The molecule has 1 atom stereocenters. The molecule has 5 nitrogen and oxygen atoms in total. The summed E-state index contributed by atoms with van der Waals surface area (Å²) in [5.74, 6) is 0.455. The number of carbonyl (C=O) groups is 2. The summed E-state index contributed by atoms with van der Waals surface area (Å²) in [6.45, 7) is 6.33. The van der Waals surface area contributed by atoms with Crippen molar-refractivity contribution in [2.45, 2.75) is 46.1 Å². The second kappa shape index (κ2) is 11.3. The van der Waals surface area contributed by atoms with Crippen LogP contribution in [-0.2, 0) is 11.2 Å². The summed E-state index contributed by atoms with van der Waals surface area (Å²) < 4.78 is 12.0. The van der Waals surface area contributed by atoms with Crippen molar-refractivity contribution >= 4 is 11.8 Å². The Kier molecular flexibility index (Phi) is 8.25. The molecule has 0 aliphatic heterocycles. The Hall–Kier alpha value is -3.60. The summed E-state index contributed by atoms with van der Waals surface area (Å²) in [4.78, 5) is 23.8. The summed E-state index contributed by atoms with van der Waals surface area (Å²) in [6.07, 6.45) is 1.12. The van der Waals surface area contributed by atoms with Crippen molar-refractivity contribution in [1.82, 2.24) is 0 Å². The number of hydrogen-bond donors (Lipinski definition) is 1. The third-order valence-electron chi connectivity index (χ3n) is 5.46. The quantitative estimate of drug-likeness (QED) is 0.378. The highest BCUT2D eigenvalue weighted by molar-refractivity contribution is 6.10. The Morgan fingerprint density at radius 3 is 2.42 bits per heavy atom. The molecular weight excluding hydrogens is 416 g/mol. The van der Waals surface area contributed by atoms with Crippen LogP contribution in [0.1, 0.15) is 52.4 Å². The van der Waals surface area contributed by atoms with Crippen LogP contribution in [0.25, 0.3) is 0 Å². The smallest absolute Gasteiger partial charge is 0.303 e. The van der Waals surface area contributed by atoms with E-state index in [1.54, 1.807) is 12.1 Å². The van der Waals surface area contributed by atoms with Gasteiger partial charge in [-0.05, 0) is 62.6 Å². The van der Waals surface area contributed by atoms with Gasteiger partial charge >= 0.3 is 5.97 Å². The lowest BCUT2D eigenvalue weighted by molar-refractivity contribution is -0.136. The monoisotopic (exact) mass is 446 g/mol. The van der Waals surface area contributed by atoms with E-state index in [0.29, 0.717) is 36.3 Å². The molecule has 1 N–H and O–H groups in total. The number of benzene rings is 3. The maximum absolute atomic E-state index is 13.0. The minimum Gasteiger partial charge on any atom is -0.493 e. The van der Waals surface area contributed by atoms with Gasteiger partial charge in [0.1, 0.15) is 11.5 Å². The highest BCUT2D eigenvalue weighted by Gasteiger charge is 2.17. The topological polar surface area (TPSA) is 72.8 Å². The van der Waals surface area contributed by atoms with Crippen molar-refractivity contribution in [3.63, 3.8) is 0 Å². The summed E-state index contributed by atoms with van der Waals surface area (Å²) >= 11 is 0. The van der Waals surface area contributed by atoms with Gasteiger partial charge in [-0.3, -0.25) is 9.59 Å². The van der Waals surface area contributed by atoms with Crippen LogP contribution in [0.4, 0.5) is 0 Å². The third kappa shape index (κ3) is 6.94. The van der Waals surface area contributed by atoms with E-state index in [4.69, 9.17) is 14.6 Å². The Bertz CT molecular complexity index is 1100. The molecule has 0 bridgehead atoms. The Labute approximate surface area is 195 Å². The number of aliphatic carboxylic acids is 1. The molecule has 0 amide bonds. The van der Waals surface area contributed by atoms with Crippen LogP contribution in [0, 0.1) is 13.8 Å². The van der Waals surface area contributed by atoms with Crippen molar-refractivity contribution < 1.29 is 24.2 Å². The molecule has 0 saturated heterocycles. The van der Waals surface area contributed by atoms with Gasteiger partial charge in [-0.2, -0.15) is 0 Å². The van der Waals surface area contributed by atoms with Gasteiger partial charge in [0.2, 0.25) is 0 Å². The molecule has 3 aromatic carbocycles. The minimum atomic E-state index is -0.800. The average Bonchev–Trinajstić information content (AvgIpc) is 2.79. The van der Waals surface area contributed by atoms with Crippen molar-refractivity contribution in [2.75, 3.05) is 6.61 Å². The number of aryl methyl sites for hydroxylation is 3. The van der Waals surface area contributed by atoms with Gasteiger partial charge in [0.15, 0.2) is 5.78 Å². The minimum absolute atomic E-state index is 0.0591. The van der Waals surface area contributed by atoms with E-state index in [1.165, 1.54) is 0 Å². The molecule has 0 saturated carbocycles. The first-order valence-electron chi connectivity index (χ1n) is 11.1. The lowest BCUT2D eigenvalue weighted by Crippen LogP contribution is -2.17. The first-order valence-corrected chi connectivity index (χ1v) is 11.1. The SMILES string of the molecule is Cc1ccc(OC(C)CCOc2ccc(CCC(=O)O)c(C)c2)c(C(=O)c2ccccc2)c1. The molecule has 0 heterocycles. The molecule has 33 heavy (non-hydrogen) atoms. The second-order valence-electron chi connectivity index (χ2n) is 8.24. The Morgan fingerprint density at radius 2 is 1.73 bits per heavy atom. The fraction of sp³-hybridized carbons (Fsp3) is 0.286. The van der Waals surface area contributed by atoms with Gasteiger partial charge in [-0.25, -0.2) is 0 Å². The van der Waals surface area contributed by atoms with Gasteiger partial charge in [-0.15, -0.1) is 0 Å². The van der Waals surface area contributed by atoms with Crippen LogP contribution >= 0.6 is 0 Å². The standard InChI is InChI=1S/C28H30O5/c1-19-9-13-26(25(17-19)28(31)23-7-5-4-6-8-23)33-21(3)15-16-32-24-12-10-22(20(2)18-24)11-14-27(29)30/h4-10,12-13,17-18,21H,11,14-16H2,1-3H3,(H,29,30). The van der Waals surface area contributed by atoms with Gasteiger partial charge < -0.3 is 14.6 Å². The number of carboxylic acids is 1. The van der Waals surface area contributed by atoms with Crippen molar-refractivity contribution in [2.24, 2.45) is 0 Å². The first kappa shape index (κ1) is 24.1. The Morgan fingerprint density at radius 1 is 0.970 bits per heavy atom. The zero-order valence-corrected chi connectivity index (χ0v) is 19.3. The molecule has 0 aliphatic rings. The maximum atomic E-state index is 13.0. The molecule has 0 fully saturated rings. The number of ether oxygens (including phenoxy) is 2. The molecule has 3 rings (SSSR count). The normalized spacial score (nSPS) is 11.6. The van der Waals surface area contributed by atoms with E-state index in [2.05, 4.69) is 0 Å². The van der Waals surface area contributed by atoms with E-state index in [0.717, 1.165) is 22.4 Å². The van der Waals surface area contributed by atoms with Crippen molar-refractivity contribution in [3.8, 4) is 11.5 Å². The lowest BCUT2D eigenvalue weighted by Gasteiger charge is -2.18. The molecule has 172 valence electrons. The van der Waals surface area contributed by atoms with Crippen LogP contribution < -0.4 is 9.47 Å². The average molecular weight is 447 g/mol. The molecule has 0 radical (unpaired) electrons. The predicted molar refractivity (Wildman–Crippen MR) is 128 cm³/mol. The number of ketones is 1. The summed E-state index contributed by atoms with van der Waals surface area (Å²) in [5, 5.41) is 8.86. The van der Waals surface area contributed by atoms with Gasteiger partial charge in [0, 0.05) is 18.4 Å². The number of hydrogen-bond acceptors (Lipinski definition) is 4. The van der Waals surface area contributed by atoms with E-state index in [1.807, 2.05) is 75.4 Å². The molecule has 0 aromatic heterocycles. The van der Waals surface area contributed by atoms with E-state index in [9.17, 15) is 9.59 Å². The second-order valence-corrected chi connectivity index (χ2v) is 8.24. The van der Waals surface area contributed by atoms with Gasteiger partial charge in [0.05, 0.1) is 18.3 Å². The van der Waals surface area contributed by atoms with Gasteiger partial charge in [0.25, 0.3) is 0 Å². The van der Waals surface area contributed by atoms with Gasteiger partial charge in [-0.1, -0.05) is 48.0 Å². The number of carboxylic acid groups (broad SMARTS) is 1. The van der Waals surface area contributed by atoms with E-state index < -0.39 is 5.97 Å². The highest BCUT2D eigenvalue weighted by Crippen LogP contribution is 2.25. The van der Waals surface area contributed by atoms with Crippen molar-refractivity contribution in [3.05, 3.63) is 94.5 Å². The summed E-state index contributed by atoms with van der Waals surface area (Å²) in [7, 11) is 0. The lowest BCUT2D eigenvalue weighted by atomic mass is 10.0. The zero-order valence-electron chi connectivity index (χ0n) is 19.3. The summed E-state index contributed by atoms with van der Waals surface area (Å²) in [5.41, 5.74) is 4.21. The van der Waals surface area contributed by atoms with E-state index >= 15 is 0 Å². The number of rotatable bonds is 11. The zero-order chi connectivity index (χ0) is 23.8. The Balaban J connectivity index is 1.58. The maximum Gasteiger partial charge on any atom is 0.303 e. The summed E-state index contributed by atoms with van der Waals surface area (Å²) in [6, 6.07) is 20.6. The molecular formula is C28H30O5. The fourth-order valence-electron chi connectivity index (χ4n) is 3.57. The number of carbonyl (C=O) groups excluding carboxylic acids is 1. The largest absolute Gasteiger partial charge is 0.493 e. The molecule has 1 unspecified atom stereocenters. The molecule has 3 aromatic rings. The molecule has 5 heteroatoms. The van der Waals surface area contributed by atoms with Crippen molar-refractivity contribution in [1.29, 1.82) is 0 Å². The molecule has 0 aliphatic carbocycles. The van der Waals surface area contributed by atoms with E-state index in [-0.39, 0.29) is 18.3 Å². The third-order valence-corrected chi connectivity index (χ3v) is 5.46. The van der Waals surface area contributed by atoms with Crippen LogP contribution in [0.15, 0.2) is 66.7 Å². The van der Waals surface area contributed by atoms with Crippen LogP contribution in [0.2, 0.25) is 0 Å².